The molecule has 4 heterocycles. The van der Waals surface area contributed by atoms with Gasteiger partial charge in [-0.3, -0.25) is 15.2 Å². The summed E-state index contributed by atoms with van der Waals surface area (Å²) in [5.41, 5.74) is 4.29. The highest BCUT2D eigenvalue weighted by Crippen LogP contribution is 2.21. The molecule has 0 atom stereocenters. The minimum Gasteiger partial charge on any atom is -0.289 e. The van der Waals surface area contributed by atoms with Crippen molar-refractivity contribution in [2.45, 2.75) is 13.8 Å². The molecule has 0 aliphatic carbocycles. The maximum Gasteiger partial charge on any atom is 0.259 e. The maximum absolute atomic E-state index is 12.8. The van der Waals surface area contributed by atoms with E-state index in [0.717, 1.165) is 22.5 Å². The van der Waals surface area contributed by atoms with E-state index in [1.807, 2.05) is 62.4 Å². The Labute approximate surface area is 177 Å². The van der Waals surface area contributed by atoms with Crippen LogP contribution in [0.3, 0.4) is 0 Å². The molecular weight excluding hydrogens is 392 g/mol. The van der Waals surface area contributed by atoms with E-state index < -0.39 is 0 Å². The van der Waals surface area contributed by atoms with Crippen molar-refractivity contribution >= 4 is 22.9 Å². The van der Waals surface area contributed by atoms with E-state index in [-0.39, 0.29) is 11.9 Å². The molecular formula is C22H18N8O. The molecule has 0 saturated heterocycles. The van der Waals surface area contributed by atoms with Gasteiger partial charge in [-0.05, 0) is 44.2 Å². The number of pyridine rings is 2. The first-order valence-corrected chi connectivity index (χ1v) is 9.67. The van der Waals surface area contributed by atoms with E-state index in [1.165, 1.54) is 6.20 Å². The Morgan fingerprint density at radius 3 is 2.68 bits per heavy atom. The lowest BCUT2D eigenvalue weighted by atomic mass is 10.2. The number of amides is 1. The molecule has 0 unspecified atom stereocenters. The third kappa shape index (κ3) is 3.52. The van der Waals surface area contributed by atoms with Crippen molar-refractivity contribution in [2.75, 3.05) is 5.32 Å². The Hall–Kier alpha value is -4.40. The molecule has 9 nitrogen and oxygen atoms in total. The van der Waals surface area contributed by atoms with Crippen molar-refractivity contribution < 1.29 is 4.79 Å². The second kappa shape index (κ2) is 7.45. The van der Waals surface area contributed by atoms with Gasteiger partial charge in [0.2, 0.25) is 5.95 Å². The van der Waals surface area contributed by atoms with Gasteiger partial charge in [-0.2, -0.15) is 10.1 Å². The fourth-order valence-corrected chi connectivity index (χ4v) is 3.30. The lowest BCUT2D eigenvalue weighted by molar-refractivity contribution is 0.102. The van der Waals surface area contributed by atoms with Gasteiger partial charge in [0.25, 0.3) is 5.91 Å². The normalized spacial score (nSPS) is 11.0. The number of hydrogen-bond acceptors (Lipinski definition) is 6. The van der Waals surface area contributed by atoms with Gasteiger partial charge in [0.15, 0.2) is 11.5 Å². The summed E-state index contributed by atoms with van der Waals surface area (Å²) in [7, 11) is 0. The first-order valence-electron chi connectivity index (χ1n) is 9.67. The number of para-hydroxylation sites is 1. The number of benzene rings is 1. The summed E-state index contributed by atoms with van der Waals surface area (Å²) in [6, 6.07) is 17.1. The van der Waals surface area contributed by atoms with Crippen LogP contribution in [-0.4, -0.2) is 40.8 Å². The predicted molar refractivity (Wildman–Crippen MR) is 116 cm³/mol. The number of rotatable bonds is 4. The number of nitrogens with zero attached hydrogens (tertiary/aromatic N) is 6. The number of aromatic nitrogens is 7. The van der Waals surface area contributed by atoms with E-state index in [9.17, 15) is 4.79 Å². The van der Waals surface area contributed by atoms with Crippen molar-refractivity contribution in [1.29, 1.82) is 0 Å². The first kappa shape index (κ1) is 18.6. The summed E-state index contributed by atoms with van der Waals surface area (Å²) in [5, 5.41) is 14.9. The van der Waals surface area contributed by atoms with E-state index in [1.54, 1.807) is 10.7 Å². The highest BCUT2D eigenvalue weighted by atomic mass is 16.1. The van der Waals surface area contributed by atoms with Crippen molar-refractivity contribution in [2.24, 2.45) is 0 Å². The second-order valence-corrected chi connectivity index (χ2v) is 7.05. The van der Waals surface area contributed by atoms with Crippen molar-refractivity contribution in [1.82, 2.24) is 34.9 Å². The van der Waals surface area contributed by atoms with Gasteiger partial charge in [-0.15, -0.1) is 5.10 Å². The number of nitrogens with one attached hydrogen (secondary N) is 2. The van der Waals surface area contributed by atoms with Crippen LogP contribution in [0, 0.1) is 13.8 Å². The van der Waals surface area contributed by atoms with E-state index in [2.05, 4.69) is 35.6 Å². The number of carbonyl (C=O) groups is 1. The molecule has 0 bridgehead atoms. The minimum atomic E-state index is -0.357. The lowest BCUT2D eigenvalue weighted by Gasteiger charge is -2.03. The van der Waals surface area contributed by atoms with Crippen LogP contribution in [0.4, 0.5) is 5.95 Å². The molecule has 152 valence electrons. The van der Waals surface area contributed by atoms with Gasteiger partial charge in [0.1, 0.15) is 5.69 Å². The molecule has 0 radical (unpaired) electrons. The summed E-state index contributed by atoms with van der Waals surface area (Å²) < 4.78 is 1.77. The third-order valence-corrected chi connectivity index (χ3v) is 4.81. The van der Waals surface area contributed by atoms with E-state index in [0.29, 0.717) is 22.7 Å². The topological polar surface area (TPSA) is 114 Å². The van der Waals surface area contributed by atoms with Crippen LogP contribution in [0.25, 0.3) is 28.2 Å². The van der Waals surface area contributed by atoms with E-state index >= 15 is 0 Å². The molecule has 5 aromatic rings. The van der Waals surface area contributed by atoms with Crippen LogP contribution in [0.2, 0.25) is 0 Å². The summed E-state index contributed by atoms with van der Waals surface area (Å²) in [5.74, 6) is 0.289. The number of aromatic amines is 1. The van der Waals surface area contributed by atoms with Gasteiger partial charge in [0, 0.05) is 17.3 Å². The molecule has 0 aliphatic rings. The zero-order valence-electron chi connectivity index (χ0n) is 16.9. The largest absolute Gasteiger partial charge is 0.289 e. The number of aryl methyl sites for hydroxylation is 2. The Kier molecular flexibility index (Phi) is 4.47. The van der Waals surface area contributed by atoms with E-state index in [4.69, 9.17) is 0 Å². The molecule has 0 aliphatic heterocycles. The smallest absolute Gasteiger partial charge is 0.259 e. The average Bonchev–Trinajstić information content (AvgIpc) is 3.39. The number of anilines is 1. The highest BCUT2D eigenvalue weighted by molar-refractivity contribution is 6.05. The molecule has 0 fully saturated rings. The summed E-state index contributed by atoms with van der Waals surface area (Å²) in [4.78, 5) is 26.0. The van der Waals surface area contributed by atoms with Gasteiger partial charge in [0.05, 0.1) is 16.9 Å². The summed E-state index contributed by atoms with van der Waals surface area (Å²) in [6.45, 7) is 3.79. The van der Waals surface area contributed by atoms with Crippen LogP contribution in [0.5, 0.6) is 0 Å². The van der Waals surface area contributed by atoms with Crippen LogP contribution in [0.15, 0.2) is 60.8 Å². The van der Waals surface area contributed by atoms with Crippen LogP contribution < -0.4 is 5.32 Å². The Morgan fingerprint density at radius 1 is 1.03 bits per heavy atom. The molecule has 5 rings (SSSR count). The SMILES string of the molecule is Cc1cccc(-c2nc(NC(=O)c3cnc4c(c3)c(C)nn4-c3ccccc3)n[nH]2)n1. The Balaban J connectivity index is 1.41. The first-order chi connectivity index (χ1) is 15.1. The molecule has 31 heavy (non-hydrogen) atoms. The van der Waals surface area contributed by atoms with Gasteiger partial charge in [-0.25, -0.2) is 14.6 Å². The molecule has 1 aromatic carbocycles. The van der Waals surface area contributed by atoms with Crippen molar-refractivity contribution in [3.8, 4) is 17.2 Å². The third-order valence-electron chi connectivity index (χ3n) is 4.81. The monoisotopic (exact) mass is 410 g/mol. The fourth-order valence-electron chi connectivity index (χ4n) is 3.30. The zero-order valence-corrected chi connectivity index (χ0v) is 16.9. The molecule has 0 saturated carbocycles. The molecule has 0 spiro atoms. The van der Waals surface area contributed by atoms with Crippen molar-refractivity contribution in [3.05, 3.63) is 77.7 Å². The Morgan fingerprint density at radius 2 is 1.87 bits per heavy atom. The number of fused-ring (bicyclic) bond motifs is 1. The molecule has 4 aromatic heterocycles. The number of carbonyl (C=O) groups excluding carboxylic acids is 1. The minimum absolute atomic E-state index is 0.167. The molecule has 2 N–H and O–H groups in total. The maximum atomic E-state index is 12.8. The quantitative estimate of drug-likeness (QED) is 0.469. The average molecular weight is 410 g/mol. The van der Waals surface area contributed by atoms with Crippen molar-refractivity contribution in [3.63, 3.8) is 0 Å². The van der Waals surface area contributed by atoms with Gasteiger partial charge < -0.3 is 0 Å². The second-order valence-electron chi connectivity index (χ2n) is 7.05. The van der Waals surface area contributed by atoms with Crippen LogP contribution >= 0.6 is 0 Å². The van der Waals surface area contributed by atoms with Crippen LogP contribution in [0.1, 0.15) is 21.7 Å². The molecule has 1 amide bonds. The number of hydrogen-bond donors (Lipinski definition) is 2. The highest BCUT2D eigenvalue weighted by Gasteiger charge is 2.16. The Bertz CT molecular complexity index is 1400. The zero-order chi connectivity index (χ0) is 21.4. The predicted octanol–water partition coefficient (Wildman–Crippen LogP) is 3.47. The summed E-state index contributed by atoms with van der Waals surface area (Å²) >= 11 is 0. The molecule has 9 heteroatoms. The summed E-state index contributed by atoms with van der Waals surface area (Å²) in [6.07, 6.45) is 1.52. The number of H-pyrrole nitrogens is 1. The lowest BCUT2D eigenvalue weighted by Crippen LogP contribution is -2.13. The van der Waals surface area contributed by atoms with Gasteiger partial charge in [-0.1, -0.05) is 24.3 Å². The standard InChI is InChI=1S/C22H18N8O/c1-13-7-6-10-18(24-13)19-25-22(28-27-19)26-21(31)15-11-17-14(2)29-30(20(17)23-12-15)16-8-4-3-5-9-16/h3-12H,1-2H3,(H2,25,26,27,28,31). The van der Waals surface area contributed by atoms with Gasteiger partial charge >= 0.3 is 0 Å². The van der Waals surface area contributed by atoms with Crippen LogP contribution in [-0.2, 0) is 0 Å². The fraction of sp³-hybridized carbons (Fsp3) is 0.0909.